The Morgan fingerprint density at radius 2 is 2.17 bits per heavy atom. The minimum Gasteiger partial charge on any atom is -0.374 e. The van der Waals surface area contributed by atoms with E-state index in [4.69, 9.17) is 0 Å². The van der Waals surface area contributed by atoms with Crippen LogP contribution in [0.15, 0.2) is 18.2 Å². The number of carbonyl (C=O) groups is 1. The van der Waals surface area contributed by atoms with Crippen molar-refractivity contribution in [1.82, 2.24) is 5.32 Å². The Hall–Kier alpha value is -1.56. The summed E-state index contributed by atoms with van der Waals surface area (Å²) in [5.74, 6) is -0.794. The van der Waals surface area contributed by atoms with E-state index in [0.717, 1.165) is 0 Å². The van der Waals surface area contributed by atoms with Crippen LogP contribution >= 0.6 is 0 Å². The molecule has 0 radical (unpaired) electrons. The number of carbonyl (C=O) groups excluding carboxylic acids is 1. The number of hydrogen-bond donors (Lipinski definition) is 1. The van der Waals surface area contributed by atoms with E-state index < -0.39 is 18.8 Å². The zero-order valence-corrected chi connectivity index (χ0v) is 9.88. The lowest BCUT2D eigenvalue weighted by Crippen LogP contribution is -2.28. The first kappa shape index (κ1) is 14.5. The molecule has 0 heterocycles. The van der Waals surface area contributed by atoms with E-state index in [0.29, 0.717) is 11.1 Å². The summed E-state index contributed by atoms with van der Waals surface area (Å²) in [5.41, 5.74) is 0.867. The Labute approximate surface area is 103 Å². The fraction of sp³-hybridized carbons (Fsp3) is 0.417. The van der Waals surface area contributed by atoms with Gasteiger partial charge in [-0.25, -0.2) is 13.2 Å². The van der Waals surface area contributed by atoms with Crippen LogP contribution in [0, 0.1) is 12.7 Å². The summed E-state index contributed by atoms with van der Waals surface area (Å²) < 4.78 is 40.9. The molecule has 0 fully saturated rings. The number of rotatable bonds is 6. The van der Waals surface area contributed by atoms with Crippen molar-refractivity contribution < 1.29 is 22.7 Å². The molecule has 0 aromatic heterocycles. The lowest BCUT2D eigenvalue weighted by Gasteiger charge is -2.08. The van der Waals surface area contributed by atoms with Gasteiger partial charge in [0.25, 0.3) is 12.3 Å². The third kappa shape index (κ3) is 4.75. The van der Waals surface area contributed by atoms with Crippen molar-refractivity contribution in [1.29, 1.82) is 0 Å². The van der Waals surface area contributed by atoms with Crippen LogP contribution in [0.2, 0.25) is 0 Å². The summed E-state index contributed by atoms with van der Waals surface area (Å²) in [5, 5.41) is 2.50. The zero-order chi connectivity index (χ0) is 13.5. The Morgan fingerprint density at radius 1 is 1.44 bits per heavy atom. The van der Waals surface area contributed by atoms with Gasteiger partial charge >= 0.3 is 0 Å². The predicted molar refractivity (Wildman–Crippen MR) is 60.3 cm³/mol. The summed E-state index contributed by atoms with van der Waals surface area (Å²) in [6.07, 6.45) is -2.51. The molecule has 0 aliphatic heterocycles. The summed E-state index contributed by atoms with van der Waals surface area (Å²) in [4.78, 5) is 11.6. The maximum atomic E-state index is 12.8. The van der Waals surface area contributed by atoms with Gasteiger partial charge in [-0.1, -0.05) is 0 Å². The van der Waals surface area contributed by atoms with Crippen LogP contribution in [0.3, 0.4) is 0 Å². The van der Waals surface area contributed by atoms with Gasteiger partial charge in [-0.15, -0.1) is 0 Å². The van der Waals surface area contributed by atoms with Crippen LogP contribution in [-0.4, -0.2) is 32.1 Å². The van der Waals surface area contributed by atoms with Crippen molar-refractivity contribution in [3.63, 3.8) is 0 Å². The van der Waals surface area contributed by atoms with Gasteiger partial charge in [-0.05, 0) is 30.7 Å². The van der Waals surface area contributed by atoms with Gasteiger partial charge in [0, 0.05) is 12.1 Å². The summed E-state index contributed by atoms with van der Waals surface area (Å²) in [7, 11) is 0. The second kappa shape index (κ2) is 7.00. The number of aryl methyl sites for hydroxylation is 1. The molecule has 1 aromatic carbocycles. The summed E-state index contributed by atoms with van der Waals surface area (Å²) in [6, 6.07) is 3.82. The van der Waals surface area contributed by atoms with Crippen LogP contribution in [0.1, 0.15) is 15.9 Å². The Kier molecular flexibility index (Phi) is 5.64. The lowest BCUT2D eigenvalue weighted by atomic mass is 10.1. The highest BCUT2D eigenvalue weighted by Gasteiger charge is 2.09. The Balaban J connectivity index is 2.36. The van der Waals surface area contributed by atoms with Gasteiger partial charge in [0.2, 0.25) is 0 Å². The van der Waals surface area contributed by atoms with Crippen LogP contribution in [0.4, 0.5) is 13.2 Å². The molecule has 0 atom stereocenters. The molecule has 1 rings (SSSR count). The molecule has 1 N–H and O–H groups in total. The van der Waals surface area contributed by atoms with E-state index in [2.05, 4.69) is 10.1 Å². The number of hydrogen-bond acceptors (Lipinski definition) is 2. The number of nitrogens with one attached hydrogen (secondary N) is 1. The van der Waals surface area contributed by atoms with Crippen molar-refractivity contribution in [3.8, 4) is 0 Å². The second-order valence-corrected chi connectivity index (χ2v) is 3.68. The SMILES string of the molecule is Cc1cc(F)ccc1C(=O)NCCOCC(F)F. The molecule has 1 amide bonds. The van der Waals surface area contributed by atoms with Gasteiger partial charge in [0.15, 0.2) is 0 Å². The van der Waals surface area contributed by atoms with E-state index in [1.165, 1.54) is 18.2 Å². The average molecular weight is 261 g/mol. The maximum Gasteiger partial charge on any atom is 0.261 e. The largest absolute Gasteiger partial charge is 0.374 e. The first-order valence-corrected chi connectivity index (χ1v) is 5.41. The van der Waals surface area contributed by atoms with Gasteiger partial charge in [0.1, 0.15) is 12.4 Å². The Morgan fingerprint density at radius 3 is 2.78 bits per heavy atom. The minimum atomic E-state index is -2.51. The number of ether oxygens (including phenoxy) is 1. The molecule has 3 nitrogen and oxygen atoms in total. The minimum absolute atomic E-state index is 0.0102. The molecular weight excluding hydrogens is 247 g/mol. The van der Waals surface area contributed by atoms with Gasteiger partial charge in [-0.3, -0.25) is 4.79 Å². The van der Waals surface area contributed by atoms with Crippen LogP contribution < -0.4 is 5.32 Å². The van der Waals surface area contributed by atoms with E-state index >= 15 is 0 Å². The third-order valence-electron chi connectivity index (χ3n) is 2.21. The second-order valence-electron chi connectivity index (χ2n) is 3.68. The molecule has 0 aliphatic rings. The standard InChI is InChI=1S/C12H14F3NO2/c1-8-6-9(13)2-3-10(8)12(17)16-4-5-18-7-11(14)15/h2-3,6,11H,4-5,7H2,1H3,(H,16,17). The number of alkyl halides is 2. The fourth-order valence-electron chi connectivity index (χ4n) is 1.39. The number of benzene rings is 1. The Bertz CT molecular complexity index is 410. The smallest absolute Gasteiger partial charge is 0.261 e. The van der Waals surface area contributed by atoms with E-state index in [1.54, 1.807) is 6.92 Å². The number of amides is 1. The molecule has 1 aromatic rings. The zero-order valence-electron chi connectivity index (χ0n) is 9.88. The maximum absolute atomic E-state index is 12.8. The lowest BCUT2D eigenvalue weighted by molar-refractivity contribution is 0.0188. The third-order valence-corrected chi connectivity index (χ3v) is 2.21. The van der Waals surface area contributed by atoms with Gasteiger partial charge in [0.05, 0.1) is 6.61 Å². The molecule has 0 unspecified atom stereocenters. The number of halogens is 3. The average Bonchev–Trinajstić information content (AvgIpc) is 2.27. The molecule has 18 heavy (non-hydrogen) atoms. The molecule has 0 spiro atoms. The topological polar surface area (TPSA) is 38.3 Å². The molecule has 0 saturated carbocycles. The summed E-state index contributed by atoms with van der Waals surface area (Å²) in [6.45, 7) is 1.11. The van der Waals surface area contributed by atoms with Crippen molar-refractivity contribution in [2.45, 2.75) is 13.3 Å². The van der Waals surface area contributed by atoms with Gasteiger partial charge in [-0.2, -0.15) is 0 Å². The van der Waals surface area contributed by atoms with Crippen molar-refractivity contribution >= 4 is 5.91 Å². The molecule has 6 heteroatoms. The highest BCUT2D eigenvalue weighted by molar-refractivity contribution is 5.95. The van der Waals surface area contributed by atoms with Crippen LogP contribution in [0.25, 0.3) is 0 Å². The molecule has 0 bridgehead atoms. The highest BCUT2D eigenvalue weighted by atomic mass is 19.3. The van der Waals surface area contributed by atoms with Crippen molar-refractivity contribution in [3.05, 3.63) is 35.1 Å². The van der Waals surface area contributed by atoms with E-state index in [1.807, 2.05) is 0 Å². The van der Waals surface area contributed by atoms with E-state index in [9.17, 15) is 18.0 Å². The molecule has 100 valence electrons. The first-order valence-electron chi connectivity index (χ1n) is 5.41. The summed E-state index contributed by atoms with van der Waals surface area (Å²) >= 11 is 0. The fourth-order valence-corrected chi connectivity index (χ4v) is 1.39. The quantitative estimate of drug-likeness (QED) is 0.797. The molecule has 0 saturated heterocycles. The molecule has 0 aliphatic carbocycles. The van der Waals surface area contributed by atoms with Crippen molar-refractivity contribution in [2.75, 3.05) is 19.8 Å². The van der Waals surface area contributed by atoms with E-state index in [-0.39, 0.29) is 19.1 Å². The normalized spacial score (nSPS) is 10.7. The van der Waals surface area contributed by atoms with Gasteiger partial charge < -0.3 is 10.1 Å². The monoisotopic (exact) mass is 261 g/mol. The van der Waals surface area contributed by atoms with Crippen LogP contribution in [0.5, 0.6) is 0 Å². The van der Waals surface area contributed by atoms with Crippen LogP contribution in [-0.2, 0) is 4.74 Å². The highest BCUT2D eigenvalue weighted by Crippen LogP contribution is 2.09. The molecular formula is C12H14F3NO2. The van der Waals surface area contributed by atoms with Crippen molar-refractivity contribution in [2.24, 2.45) is 0 Å². The first-order chi connectivity index (χ1) is 8.50. The predicted octanol–water partition coefficient (Wildman–Crippen LogP) is 2.15.